The lowest BCUT2D eigenvalue weighted by atomic mass is 10.1. The number of nitrogens with zero attached hydrogens (tertiary/aromatic N) is 4. The van der Waals surface area contributed by atoms with Gasteiger partial charge in [0.1, 0.15) is 17.3 Å². The first kappa shape index (κ1) is 20.9. The maximum Gasteiger partial charge on any atom is 0.180 e. The number of imidazole rings is 1. The first-order valence-electron chi connectivity index (χ1n) is 9.83. The largest absolute Gasteiger partial charge is 0.379 e. The quantitative estimate of drug-likeness (QED) is 0.687. The van der Waals surface area contributed by atoms with Gasteiger partial charge >= 0.3 is 0 Å². The second-order valence-electron chi connectivity index (χ2n) is 6.52. The summed E-state index contributed by atoms with van der Waals surface area (Å²) in [5, 5.41) is 6.18. The summed E-state index contributed by atoms with van der Waals surface area (Å²) in [5.74, 6) is 1.07. The molecule has 0 aliphatic carbocycles. The van der Waals surface area contributed by atoms with Crippen molar-refractivity contribution in [1.82, 2.24) is 24.8 Å². The highest BCUT2D eigenvalue weighted by Crippen LogP contribution is 2.30. The fourth-order valence-electron chi connectivity index (χ4n) is 2.97. The van der Waals surface area contributed by atoms with Gasteiger partial charge < -0.3 is 19.9 Å². The standard InChI is InChI=1S/C17H18FN5.C4H9NO/c1-3-10-23-11-21-15(12-4-6-13(18)7-5-12)16(23)17-20-9-8-14(19-2)22-17;1-3-6-4-2-5-1/h4-9,11H,3,10H2,1-2H3,(H,19,20,22);5H,1-4H2. The summed E-state index contributed by atoms with van der Waals surface area (Å²) in [5.41, 5.74) is 2.44. The van der Waals surface area contributed by atoms with Crippen LogP contribution in [-0.4, -0.2) is 52.9 Å². The predicted molar refractivity (Wildman–Crippen MR) is 112 cm³/mol. The van der Waals surface area contributed by atoms with Gasteiger partial charge in [-0.1, -0.05) is 6.92 Å². The molecule has 0 saturated carbocycles. The lowest BCUT2D eigenvalue weighted by molar-refractivity contribution is 0.109. The van der Waals surface area contributed by atoms with Crippen molar-refractivity contribution < 1.29 is 9.13 Å². The maximum atomic E-state index is 13.2. The second kappa shape index (κ2) is 10.6. The Bertz CT molecular complexity index is 881. The summed E-state index contributed by atoms with van der Waals surface area (Å²) < 4.78 is 20.2. The Morgan fingerprint density at radius 1 is 1.14 bits per heavy atom. The Morgan fingerprint density at radius 2 is 1.90 bits per heavy atom. The lowest BCUT2D eigenvalue weighted by Crippen LogP contribution is -2.30. The first-order chi connectivity index (χ1) is 14.2. The summed E-state index contributed by atoms with van der Waals surface area (Å²) >= 11 is 0. The summed E-state index contributed by atoms with van der Waals surface area (Å²) in [7, 11) is 1.82. The molecule has 0 radical (unpaired) electrons. The highest BCUT2D eigenvalue weighted by Gasteiger charge is 2.17. The van der Waals surface area contributed by atoms with Crippen LogP contribution in [0.3, 0.4) is 0 Å². The number of morpholine rings is 1. The Hall–Kier alpha value is -2.84. The third-order valence-electron chi connectivity index (χ3n) is 4.39. The van der Waals surface area contributed by atoms with Crippen LogP contribution in [0.25, 0.3) is 22.8 Å². The van der Waals surface area contributed by atoms with Crippen LogP contribution in [0.5, 0.6) is 0 Å². The first-order valence-corrected chi connectivity index (χ1v) is 9.83. The number of nitrogens with one attached hydrogen (secondary N) is 2. The third-order valence-corrected chi connectivity index (χ3v) is 4.39. The molecule has 29 heavy (non-hydrogen) atoms. The molecule has 154 valence electrons. The van der Waals surface area contributed by atoms with Crippen LogP contribution in [0.1, 0.15) is 13.3 Å². The second-order valence-corrected chi connectivity index (χ2v) is 6.52. The van der Waals surface area contributed by atoms with Crippen LogP contribution < -0.4 is 10.6 Å². The molecule has 0 spiro atoms. The third kappa shape index (κ3) is 5.58. The highest BCUT2D eigenvalue weighted by molar-refractivity contribution is 5.75. The molecule has 4 rings (SSSR count). The van der Waals surface area contributed by atoms with E-state index in [1.54, 1.807) is 24.7 Å². The van der Waals surface area contributed by atoms with Gasteiger partial charge in [0.2, 0.25) is 0 Å². The van der Waals surface area contributed by atoms with Crippen molar-refractivity contribution in [2.45, 2.75) is 19.9 Å². The van der Waals surface area contributed by atoms with Crippen LogP contribution in [0.4, 0.5) is 10.2 Å². The van der Waals surface area contributed by atoms with Crippen molar-refractivity contribution in [2.75, 3.05) is 38.7 Å². The zero-order chi connectivity index (χ0) is 20.5. The van der Waals surface area contributed by atoms with E-state index in [2.05, 4.69) is 32.5 Å². The summed E-state index contributed by atoms with van der Waals surface area (Å²) in [6, 6.07) is 8.12. The molecule has 0 amide bonds. The van der Waals surface area contributed by atoms with Crippen molar-refractivity contribution in [3.63, 3.8) is 0 Å². The summed E-state index contributed by atoms with van der Waals surface area (Å²) in [4.78, 5) is 13.4. The van der Waals surface area contributed by atoms with E-state index >= 15 is 0 Å². The van der Waals surface area contributed by atoms with E-state index in [4.69, 9.17) is 4.74 Å². The molecule has 3 heterocycles. The number of ether oxygens (including phenoxy) is 1. The number of aromatic nitrogens is 4. The van der Waals surface area contributed by atoms with Crippen molar-refractivity contribution >= 4 is 5.82 Å². The van der Waals surface area contributed by atoms with Gasteiger partial charge in [0, 0.05) is 38.4 Å². The Kier molecular flexibility index (Phi) is 7.66. The van der Waals surface area contributed by atoms with E-state index in [0.717, 1.165) is 62.0 Å². The number of anilines is 1. The number of halogens is 1. The number of hydrogen-bond donors (Lipinski definition) is 2. The molecule has 3 aromatic rings. The highest BCUT2D eigenvalue weighted by atomic mass is 19.1. The van der Waals surface area contributed by atoms with E-state index in [1.165, 1.54) is 12.1 Å². The van der Waals surface area contributed by atoms with Crippen LogP contribution in [0.2, 0.25) is 0 Å². The van der Waals surface area contributed by atoms with E-state index in [1.807, 2.05) is 17.7 Å². The monoisotopic (exact) mass is 398 g/mol. The van der Waals surface area contributed by atoms with Gasteiger partial charge in [-0.2, -0.15) is 0 Å². The molecule has 2 aromatic heterocycles. The number of hydrogen-bond acceptors (Lipinski definition) is 6. The van der Waals surface area contributed by atoms with Gasteiger partial charge in [-0.15, -0.1) is 0 Å². The van der Waals surface area contributed by atoms with Gasteiger partial charge in [0.05, 0.1) is 25.2 Å². The van der Waals surface area contributed by atoms with Gasteiger partial charge in [-0.25, -0.2) is 19.3 Å². The molecule has 1 aliphatic heterocycles. The van der Waals surface area contributed by atoms with Gasteiger partial charge in [-0.3, -0.25) is 0 Å². The minimum Gasteiger partial charge on any atom is -0.379 e. The molecule has 7 nitrogen and oxygen atoms in total. The van der Waals surface area contributed by atoms with Crippen LogP contribution in [0, 0.1) is 5.82 Å². The van der Waals surface area contributed by atoms with E-state index in [0.29, 0.717) is 5.82 Å². The summed E-state index contributed by atoms with van der Waals surface area (Å²) in [6.07, 6.45) is 4.47. The zero-order valence-corrected chi connectivity index (χ0v) is 16.9. The molecule has 1 aliphatic rings. The topological polar surface area (TPSA) is 76.9 Å². The number of aryl methyl sites for hydroxylation is 1. The molecule has 2 N–H and O–H groups in total. The molecule has 0 bridgehead atoms. The van der Waals surface area contributed by atoms with Crippen LogP contribution >= 0.6 is 0 Å². The molecular formula is C21H27FN6O. The minimum absolute atomic E-state index is 0.267. The average molecular weight is 398 g/mol. The molecule has 1 saturated heterocycles. The number of rotatable bonds is 5. The van der Waals surface area contributed by atoms with Crippen LogP contribution in [0.15, 0.2) is 42.9 Å². The summed E-state index contributed by atoms with van der Waals surface area (Å²) in [6.45, 7) is 6.75. The number of benzene rings is 1. The van der Waals surface area contributed by atoms with E-state index < -0.39 is 0 Å². The lowest BCUT2D eigenvalue weighted by Gasteiger charge is -2.10. The van der Waals surface area contributed by atoms with Crippen molar-refractivity contribution in [3.05, 3.63) is 48.7 Å². The minimum atomic E-state index is -0.267. The molecule has 0 atom stereocenters. The maximum absolute atomic E-state index is 13.2. The zero-order valence-electron chi connectivity index (χ0n) is 16.9. The van der Waals surface area contributed by atoms with Gasteiger partial charge in [-0.05, 0) is 36.8 Å². The Morgan fingerprint density at radius 3 is 2.48 bits per heavy atom. The fraction of sp³-hybridized carbons (Fsp3) is 0.381. The van der Waals surface area contributed by atoms with Crippen molar-refractivity contribution in [1.29, 1.82) is 0 Å². The van der Waals surface area contributed by atoms with Gasteiger partial charge in [0.15, 0.2) is 5.82 Å². The van der Waals surface area contributed by atoms with E-state index in [-0.39, 0.29) is 5.82 Å². The predicted octanol–water partition coefficient (Wildman–Crippen LogP) is 3.20. The average Bonchev–Trinajstić information content (AvgIpc) is 3.20. The molecule has 0 unspecified atom stereocenters. The molecular weight excluding hydrogens is 371 g/mol. The van der Waals surface area contributed by atoms with Gasteiger partial charge in [0.25, 0.3) is 0 Å². The molecule has 1 fully saturated rings. The molecule has 8 heteroatoms. The normalized spacial score (nSPS) is 13.5. The van der Waals surface area contributed by atoms with Crippen LogP contribution in [-0.2, 0) is 11.3 Å². The Balaban J connectivity index is 0.000000343. The SMILES string of the molecule is C1COCCN1.CCCn1cnc(-c2ccc(F)cc2)c1-c1nccc(NC)n1. The molecule has 1 aromatic carbocycles. The fourth-order valence-corrected chi connectivity index (χ4v) is 2.97. The van der Waals surface area contributed by atoms with Crippen molar-refractivity contribution in [3.8, 4) is 22.8 Å². The van der Waals surface area contributed by atoms with E-state index in [9.17, 15) is 4.39 Å². The Labute approximate surface area is 170 Å². The smallest absolute Gasteiger partial charge is 0.180 e. The van der Waals surface area contributed by atoms with Crippen molar-refractivity contribution in [2.24, 2.45) is 0 Å².